The van der Waals surface area contributed by atoms with Gasteiger partial charge < -0.3 is 10.4 Å². The maximum Gasteiger partial charge on any atom is 0.226 e. The first-order valence-corrected chi connectivity index (χ1v) is 5.81. The fraction of sp³-hybridized carbons (Fsp3) is 0.833. The number of ketones is 1. The van der Waals surface area contributed by atoms with Gasteiger partial charge in [-0.25, -0.2) is 0 Å². The molecule has 0 radical (unpaired) electrons. The summed E-state index contributed by atoms with van der Waals surface area (Å²) in [4.78, 5) is 23.3. The van der Waals surface area contributed by atoms with E-state index in [1.54, 1.807) is 0 Å². The number of rotatable bonds is 3. The minimum atomic E-state index is -0.537. The third-order valence-electron chi connectivity index (χ3n) is 3.08. The van der Waals surface area contributed by atoms with Crippen molar-refractivity contribution in [1.29, 1.82) is 0 Å². The van der Waals surface area contributed by atoms with Gasteiger partial charge in [0, 0.05) is 5.41 Å². The summed E-state index contributed by atoms with van der Waals surface area (Å²) in [7, 11) is 0. The quantitative estimate of drug-likeness (QED) is 0.752. The van der Waals surface area contributed by atoms with Crippen LogP contribution in [0.25, 0.3) is 0 Å². The van der Waals surface area contributed by atoms with Crippen LogP contribution in [0.3, 0.4) is 0 Å². The maximum atomic E-state index is 11.7. The molecule has 92 valence electrons. The van der Waals surface area contributed by atoms with Gasteiger partial charge in [-0.2, -0.15) is 0 Å². The van der Waals surface area contributed by atoms with Crippen molar-refractivity contribution in [1.82, 2.24) is 5.32 Å². The highest BCUT2D eigenvalue weighted by atomic mass is 16.3. The Morgan fingerprint density at radius 2 is 1.94 bits per heavy atom. The summed E-state index contributed by atoms with van der Waals surface area (Å²) < 4.78 is 0. The van der Waals surface area contributed by atoms with E-state index in [9.17, 15) is 14.7 Å². The minimum Gasteiger partial charge on any atom is -0.392 e. The highest BCUT2D eigenvalue weighted by Gasteiger charge is 2.32. The van der Waals surface area contributed by atoms with Crippen LogP contribution >= 0.6 is 0 Å². The number of hydrogen-bond donors (Lipinski definition) is 2. The molecule has 1 aliphatic rings. The third-order valence-corrected chi connectivity index (χ3v) is 3.08. The van der Waals surface area contributed by atoms with Crippen LogP contribution < -0.4 is 5.32 Å². The SMILES string of the molecule is CC(C)(C)C(=O)CNC(=O)C1CCCC1O. The molecule has 0 saturated heterocycles. The normalized spacial score (nSPS) is 25.5. The molecule has 0 aromatic heterocycles. The molecule has 0 aliphatic heterocycles. The van der Waals surface area contributed by atoms with E-state index in [0.29, 0.717) is 6.42 Å². The number of carbonyl (C=O) groups excluding carboxylic acids is 2. The van der Waals surface area contributed by atoms with Crippen molar-refractivity contribution in [2.45, 2.75) is 46.1 Å². The van der Waals surface area contributed by atoms with Crippen LogP contribution in [0.5, 0.6) is 0 Å². The second-order valence-electron chi connectivity index (χ2n) is 5.50. The molecular weight excluding hydrogens is 206 g/mol. The molecule has 16 heavy (non-hydrogen) atoms. The van der Waals surface area contributed by atoms with Gasteiger partial charge in [-0.05, 0) is 19.3 Å². The number of hydrogen-bond acceptors (Lipinski definition) is 3. The Hall–Kier alpha value is -0.900. The molecular formula is C12H21NO3. The van der Waals surface area contributed by atoms with Gasteiger partial charge in [-0.1, -0.05) is 20.8 Å². The van der Waals surface area contributed by atoms with E-state index < -0.39 is 11.5 Å². The number of carbonyl (C=O) groups is 2. The summed E-state index contributed by atoms with van der Waals surface area (Å²) in [6.07, 6.45) is 1.75. The Balaban J connectivity index is 2.38. The van der Waals surface area contributed by atoms with Crippen molar-refractivity contribution >= 4 is 11.7 Å². The zero-order valence-corrected chi connectivity index (χ0v) is 10.2. The van der Waals surface area contributed by atoms with Crippen molar-refractivity contribution in [3.05, 3.63) is 0 Å². The predicted molar refractivity (Wildman–Crippen MR) is 60.8 cm³/mol. The average Bonchev–Trinajstić information content (AvgIpc) is 2.58. The van der Waals surface area contributed by atoms with Crippen LogP contribution in [-0.4, -0.2) is 29.4 Å². The fourth-order valence-corrected chi connectivity index (χ4v) is 1.81. The molecule has 4 nitrogen and oxygen atoms in total. The van der Waals surface area contributed by atoms with E-state index in [0.717, 1.165) is 12.8 Å². The maximum absolute atomic E-state index is 11.7. The number of nitrogens with one attached hydrogen (secondary N) is 1. The molecule has 2 atom stereocenters. The van der Waals surface area contributed by atoms with Crippen LogP contribution in [0.2, 0.25) is 0 Å². The number of aliphatic hydroxyl groups excluding tert-OH is 1. The van der Waals surface area contributed by atoms with Gasteiger partial charge in [0.05, 0.1) is 18.6 Å². The number of amides is 1. The van der Waals surface area contributed by atoms with E-state index in [1.807, 2.05) is 20.8 Å². The molecule has 0 heterocycles. The molecule has 0 aromatic carbocycles. The summed E-state index contributed by atoms with van der Waals surface area (Å²) >= 11 is 0. The summed E-state index contributed by atoms with van der Waals surface area (Å²) in [5.41, 5.74) is -0.429. The van der Waals surface area contributed by atoms with Gasteiger partial charge in [0.2, 0.25) is 5.91 Å². The third kappa shape index (κ3) is 3.30. The molecule has 1 amide bonds. The number of Topliss-reactive ketones (excluding diaryl/α,β-unsaturated/α-hetero) is 1. The van der Waals surface area contributed by atoms with Crippen molar-refractivity contribution in [3.8, 4) is 0 Å². The lowest BCUT2D eigenvalue weighted by molar-refractivity contribution is -0.132. The van der Waals surface area contributed by atoms with E-state index in [4.69, 9.17) is 0 Å². The Bertz CT molecular complexity index is 280. The first-order valence-electron chi connectivity index (χ1n) is 5.81. The molecule has 2 N–H and O–H groups in total. The first-order chi connectivity index (χ1) is 7.32. The van der Waals surface area contributed by atoms with Gasteiger partial charge >= 0.3 is 0 Å². The van der Waals surface area contributed by atoms with E-state index >= 15 is 0 Å². The lowest BCUT2D eigenvalue weighted by Crippen LogP contribution is -2.40. The number of aliphatic hydroxyl groups is 1. The fourth-order valence-electron chi connectivity index (χ4n) is 1.81. The van der Waals surface area contributed by atoms with Gasteiger partial charge in [-0.15, -0.1) is 0 Å². The van der Waals surface area contributed by atoms with Crippen LogP contribution in [-0.2, 0) is 9.59 Å². The predicted octanol–water partition coefficient (Wildman–Crippen LogP) is 0.879. The molecule has 1 saturated carbocycles. The zero-order valence-electron chi connectivity index (χ0n) is 10.2. The van der Waals surface area contributed by atoms with Gasteiger partial charge in [0.15, 0.2) is 5.78 Å². The topological polar surface area (TPSA) is 66.4 Å². The average molecular weight is 227 g/mol. The van der Waals surface area contributed by atoms with Crippen LogP contribution in [0.1, 0.15) is 40.0 Å². The Morgan fingerprint density at radius 1 is 1.31 bits per heavy atom. The highest BCUT2D eigenvalue weighted by Crippen LogP contribution is 2.25. The summed E-state index contributed by atoms with van der Waals surface area (Å²) in [5.74, 6) is -0.510. The minimum absolute atomic E-state index is 0.00772. The van der Waals surface area contributed by atoms with Gasteiger partial charge in [0.1, 0.15) is 0 Å². The Labute approximate surface area is 96.4 Å². The molecule has 4 heteroatoms. The van der Waals surface area contributed by atoms with Crippen molar-refractivity contribution in [2.24, 2.45) is 11.3 Å². The van der Waals surface area contributed by atoms with Crippen molar-refractivity contribution < 1.29 is 14.7 Å². The standard InChI is InChI=1S/C12H21NO3/c1-12(2,3)10(15)7-13-11(16)8-5-4-6-9(8)14/h8-9,14H,4-7H2,1-3H3,(H,13,16). The summed E-state index contributed by atoms with van der Waals surface area (Å²) in [6, 6.07) is 0. The van der Waals surface area contributed by atoms with E-state index in [-0.39, 0.29) is 24.2 Å². The van der Waals surface area contributed by atoms with Crippen LogP contribution in [0.4, 0.5) is 0 Å². The monoisotopic (exact) mass is 227 g/mol. The van der Waals surface area contributed by atoms with E-state index in [1.165, 1.54) is 0 Å². The first kappa shape index (κ1) is 13.2. The summed E-state index contributed by atoms with van der Waals surface area (Å²) in [5, 5.41) is 12.2. The highest BCUT2D eigenvalue weighted by molar-refractivity contribution is 5.90. The van der Waals surface area contributed by atoms with Crippen molar-refractivity contribution in [3.63, 3.8) is 0 Å². The molecule has 1 aliphatic carbocycles. The molecule has 0 spiro atoms. The molecule has 2 unspecified atom stereocenters. The van der Waals surface area contributed by atoms with Gasteiger partial charge in [0.25, 0.3) is 0 Å². The zero-order chi connectivity index (χ0) is 12.3. The largest absolute Gasteiger partial charge is 0.392 e. The Kier molecular flexibility index (Phi) is 4.08. The second-order valence-corrected chi connectivity index (χ2v) is 5.50. The molecule has 1 fully saturated rings. The van der Waals surface area contributed by atoms with Crippen LogP contribution in [0.15, 0.2) is 0 Å². The van der Waals surface area contributed by atoms with Crippen molar-refractivity contribution in [2.75, 3.05) is 6.54 Å². The molecule has 0 aromatic rings. The lowest BCUT2D eigenvalue weighted by atomic mass is 9.91. The van der Waals surface area contributed by atoms with Crippen LogP contribution in [0, 0.1) is 11.3 Å². The lowest BCUT2D eigenvalue weighted by Gasteiger charge is -2.19. The summed E-state index contributed by atoms with van der Waals surface area (Å²) in [6.45, 7) is 5.54. The molecule has 0 bridgehead atoms. The van der Waals surface area contributed by atoms with E-state index in [2.05, 4.69) is 5.32 Å². The second kappa shape index (κ2) is 4.95. The molecule has 1 rings (SSSR count). The Morgan fingerprint density at radius 3 is 2.38 bits per heavy atom. The van der Waals surface area contributed by atoms with Gasteiger partial charge in [-0.3, -0.25) is 9.59 Å². The smallest absolute Gasteiger partial charge is 0.226 e.